The van der Waals surface area contributed by atoms with Crippen LogP contribution in [0.2, 0.25) is 5.02 Å². The largest absolute Gasteiger partial charge is 0.461 e. The Hall–Kier alpha value is -4.72. The van der Waals surface area contributed by atoms with Crippen LogP contribution in [0.4, 0.5) is 10.2 Å². The third-order valence-electron chi connectivity index (χ3n) is 10.6. The number of hydrogen-bond donors (Lipinski definition) is 1. The lowest BCUT2D eigenvalue weighted by Gasteiger charge is -2.40. The standard InChI is InChI=1S/C38H40ClFN8O4/c1-37(2,50)35-42-28(52-45-35)12-13-29(49)47-20-23(21-47)19-46(3)34-26-18-41-32(25-10-4-8-24-9-5-11-27(39)30(24)25)31(40)33(26)43-36(44-34)51-22-38-14-6-16-48(38)17-7-15-38/h4-5,8-13,18,23,50H,6-7,14-17,19-22H2,1-3H3/b13-12+. The Bertz CT molecular complexity index is 2180. The van der Waals surface area contributed by atoms with E-state index in [9.17, 15) is 9.90 Å². The summed E-state index contributed by atoms with van der Waals surface area (Å²) in [5, 5.41) is 16.4. The van der Waals surface area contributed by atoms with Crippen LogP contribution in [0.1, 0.15) is 51.2 Å². The predicted molar refractivity (Wildman–Crippen MR) is 195 cm³/mol. The van der Waals surface area contributed by atoms with Crippen LogP contribution in [0.5, 0.6) is 6.01 Å². The van der Waals surface area contributed by atoms with E-state index in [-0.39, 0.29) is 46.3 Å². The highest BCUT2D eigenvalue weighted by atomic mass is 35.5. The molecule has 8 rings (SSSR count). The average Bonchev–Trinajstić information content (AvgIpc) is 3.84. The molecule has 5 aromatic rings. The monoisotopic (exact) mass is 726 g/mol. The molecule has 2 aromatic carbocycles. The highest BCUT2D eigenvalue weighted by molar-refractivity contribution is 6.36. The van der Waals surface area contributed by atoms with Gasteiger partial charge in [0.2, 0.25) is 11.7 Å². The topological polar surface area (TPSA) is 134 Å². The van der Waals surface area contributed by atoms with E-state index in [4.69, 9.17) is 25.8 Å². The maximum absolute atomic E-state index is 16.8. The SMILES string of the molecule is CN(CC1CN(C(=O)/C=C/c2nc(C(C)(C)O)no2)C1)c1nc(OCC23CCCN2CCC3)nc2c(F)c(-c3cccc4cccc(Cl)c34)ncc12. The zero-order chi connectivity index (χ0) is 36.2. The van der Waals surface area contributed by atoms with Gasteiger partial charge in [0.25, 0.3) is 5.89 Å². The lowest BCUT2D eigenvalue weighted by molar-refractivity contribution is -0.131. The Kier molecular flexibility index (Phi) is 8.83. The van der Waals surface area contributed by atoms with Gasteiger partial charge in [0.15, 0.2) is 5.82 Å². The number of aromatic nitrogens is 5. The molecule has 12 nitrogen and oxygen atoms in total. The summed E-state index contributed by atoms with van der Waals surface area (Å²) in [7, 11) is 1.90. The summed E-state index contributed by atoms with van der Waals surface area (Å²) in [4.78, 5) is 37.3. The van der Waals surface area contributed by atoms with Crippen molar-refractivity contribution in [3.8, 4) is 17.3 Å². The molecule has 3 aliphatic heterocycles. The molecule has 3 saturated heterocycles. The van der Waals surface area contributed by atoms with Crippen molar-refractivity contribution in [1.82, 2.24) is 34.9 Å². The van der Waals surface area contributed by atoms with E-state index in [2.05, 4.69) is 25.0 Å². The van der Waals surface area contributed by atoms with Gasteiger partial charge in [0.1, 0.15) is 29.2 Å². The molecule has 14 heteroatoms. The van der Waals surface area contributed by atoms with Gasteiger partial charge in [-0.2, -0.15) is 15.0 Å². The Morgan fingerprint density at radius 3 is 2.63 bits per heavy atom. The molecule has 0 spiro atoms. The minimum absolute atomic E-state index is 0.0381. The van der Waals surface area contributed by atoms with Gasteiger partial charge in [-0.25, -0.2) is 4.39 Å². The fourth-order valence-electron chi connectivity index (χ4n) is 7.86. The third kappa shape index (κ3) is 6.35. The number of pyridine rings is 1. The molecule has 6 heterocycles. The number of amides is 1. The highest BCUT2D eigenvalue weighted by Crippen LogP contribution is 2.40. The van der Waals surface area contributed by atoms with Gasteiger partial charge in [0.05, 0.1) is 10.9 Å². The van der Waals surface area contributed by atoms with Crippen LogP contribution >= 0.6 is 11.6 Å². The molecule has 3 aromatic heterocycles. The number of ether oxygens (including phenoxy) is 1. The summed E-state index contributed by atoms with van der Waals surface area (Å²) in [6.07, 6.45) is 8.81. The summed E-state index contributed by atoms with van der Waals surface area (Å²) in [6, 6.07) is 11.3. The van der Waals surface area contributed by atoms with Crippen molar-refractivity contribution >= 4 is 51.1 Å². The molecule has 270 valence electrons. The van der Waals surface area contributed by atoms with Crippen LogP contribution in [-0.2, 0) is 10.4 Å². The molecule has 0 atom stereocenters. The van der Waals surface area contributed by atoms with E-state index < -0.39 is 11.4 Å². The fraction of sp³-hybridized carbons (Fsp3) is 0.421. The van der Waals surface area contributed by atoms with Gasteiger partial charge in [-0.15, -0.1) is 0 Å². The highest BCUT2D eigenvalue weighted by Gasteiger charge is 2.45. The van der Waals surface area contributed by atoms with Gasteiger partial charge >= 0.3 is 6.01 Å². The van der Waals surface area contributed by atoms with Crippen molar-refractivity contribution in [3.05, 3.63) is 71.2 Å². The molecule has 1 N–H and O–H groups in total. The van der Waals surface area contributed by atoms with Crippen molar-refractivity contribution in [1.29, 1.82) is 0 Å². The van der Waals surface area contributed by atoms with Crippen molar-refractivity contribution < 1.29 is 23.6 Å². The van der Waals surface area contributed by atoms with Crippen LogP contribution in [0, 0.1) is 11.7 Å². The van der Waals surface area contributed by atoms with Crippen molar-refractivity contribution in [2.24, 2.45) is 5.92 Å². The molecule has 0 saturated carbocycles. The van der Waals surface area contributed by atoms with Gasteiger partial charge in [0, 0.05) is 66.9 Å². The number of anilines is 1. The fourth-order valence-corrected chi connectivity index (χ4v) is 8.14. The maximum Gasteiger partial charge on any atom is 0.319 e. The second kappa shape index (κ2) is 13.4. The number of aliphatic hydroxyl groups is 1. The van der Waals surface area contributed by atoms with E-state index in [1.54, 1.807) is 31.0 Å². The predicted octanol–water partition coefficient (Wildman–Crippen LogP) is 5.86. The molecular formula is C38H40ClFN8O4. The quantitative estimate of drug-likeness (QED) is 0.174. The van der Waals surface area contributed by atoms with E-state index in [0.29, 0.717) is 48.0 Å². The molecule has 52 heavy (non-hydrogen) atoms. The first-order chi connectivity index (χ1) is 25.0. The number of fused-ring (bicyclic) bond motifs is 3. The number of likely N-dealkylation sites (tertiary alicyclic amines) is 1. The first-order valence-corrected chi connectivity index (χ1v) is 18.0. The van der Waals surface area contributed by atoms with Gasteiger partial charge in [-0.05, 0) is 64.1 Å². The molecule has 0 aliphatic carbocycles. The van der Waals surface area contributed by atoms with Crippen molar-refractivity contribution in [3.63, 3.8) is 0 Å². The summed E-state index contributed by atoms with van der Waals surface area (Å²) in [5.41, 5.74) is -0.435. The Morgan fingerprint density at radius 2 is 1.90 bits per heavy atom. The summed E-state index contributed by atoms with van der Waals surface area (Å²) < 4.78 is 28.3. The van der Waals surface area contributed by atoms with Crippen LogP contribution in [0.25, 0.3) is 39.0 Å². The number of carbonyl (C=O) groups excluding carboxylic acids is 1. The Morgan fingerprint density at radius 1 is 1.15 bits per heavy atom. The molecule has 0 unspecified atom stereocenters. The zero-order valence-corrected chi connectivity index (χ0v) is 30.1. The molecule has 1 amide bonds. The van der Waals surface area contributed by atoms with Gasteiger partial charge in [-0.1, -0.05) is 47.1 Å². The second-order valence-corrected chi connectivity index (χ2v) is 15.1. The molecule has 3 fully saturated rings. The third-order valence-corrected chi connectivity index (χ3v) is 10.9. The lowest BCUT2D eigenvalue weighted by atomic mass is 9.95. The number of hydrogen-bond acceptors (Lipinski definition) is 11. The first-order valence-electron chi connectivity index (χ1n) is 17.7. The summed E-state index contributed by atoms with van der Waals surface area (Å²) >= 11 is 6.63. The number of carbonyl (C=O) groups is 1. The average molecular weight is 727 g/mol. The van der Waals surface area contributed by atoms with E-state index in [0.717, 1.165) is 49.5 Å². The van der Waals surface area contributed by atoms with E-state index in [1.807, 2.05) is 42.3 Å². The summed E-state index contributed by atoms with van der Waals surface area (Å²) in [5.74, 6) is 0.157. The van der Waals surface area contributed by atoms with Crippen molar-refractivity contribution in [2.45, 2.75) is 50.7 Å². The summed E-state index contributed by atoms with van der Waals surface area (Å²) in [6.45, 7) is 7.27. The number of nitrogens with zero attached hydrogens (tertiary/aromatic N) is 8. The number of halogens is 2. The van der Waals surface area contributed by atoms with Gasteiger partial charge in [-0.3, -0.25) is 14.7 Å². The molecule has 0 bridgehead atoms. The minimum atomic E-state index is -1.25. The normalized spacial score (nSPS) is 17.7. The van der Waals surface area contributed by atoms with Crippen LogP contribution in [0.3, 0.4) is 0 Å². The zero-order valence-electron chi connectivity index (χ0n) is 29.4. The van der Waals surface area contributed by atoms with Crippen molar-refractivity contribution in [2.75, 3.05) is 51.3 Å². The molecular weight excluding hydrogens is 687 g/mol. The van der Waals surface area contributed by atoms with E-state index in [1.165, 1.54) is 12.2 Å². The number of benzene rings is 2. The number of rotatable bonds is 10. The molecule has 3 aliphatic rings. The second-order valence-electron chi connectivity index (χ2n) is 14.7. The van der Waals surface area contributed by atoms with Gasteiger partial charge < -0.3 is 24.2 Å². The van der Waals surface area contributed by atoms with E-state index >= 15 is 4.39 Å². The van der Waals surface area contributed by atoms with Crippen LogP contribution in [0.15, 0.2) is 53.2 Å². The molecule has 0 radical (unpaired) electrons. The Labute approximate surface area is 305 Å². The smallest absolute Gasteiger partial charge is 0.319 e. The minimum Gasteiger partial charge on any atom is -0.461 e. The van der Waals surface area contributed by atoms with Crippen LogP contribution in [-0.4, -0.2) is 97.8 Å². The lowest BCUT2D eigenvalue weighted by Crippen LogP contribution is -2.53. The maximum atomic E-state index is 16.8. The van der Waals surface area contributed by atoms with Crippen LogP contribution < -0.4 is 9.64 Å². The Balaban J connectivity index is 1.05. The first kappa shape index (κ1) is 34.4.